The Morgan fingerprint density at radius 2 is 1.59 bits per heavy atom. The van der Waals surface area contributed by atoms with Crippen LogP contribution in [0.25, 0.3) is 5.69 Å². The number of rotatable bonds is 6. The summed E-state index contributed by atoms with van der Waals surface area (Å²) in [4.78, 5) is 39.6. The summed E-state index contributed by atoms with van der Waals surface area (Å²) in [5.74, 6) is -0.815. The van der Waals surface area contributed by atoms with Gasteiger partial charge in [0.05, 0.1) is 23.8 Å². The summed E-state index contributed by atoms with van der Waals surface area (Å²) in [7, 11) is 0. The van der Waals surface area contributed by atoms with Crippen molar-refractivity contribution >= 4 is 17.5 Å². The molecule has 0 fully saturated rings. The molecule has 0 bridgehead atoms. The number of carbonyl (C=O) groups is 1. The second-order valence-electron chi connectivity index (χ2n) is 8.21. The van der Waals surface area contributed by atoms with Gasteiger partial charge in [0, 0.05) is 5.02 Å². The molecular weight excluding hydrogens is 509 g/mol. The molecule has 1 aromatic heterocycles. The van der Waals surface area contributed by atoms with E-state index < -0.39 is 40.6 Å². The summed E-state index contributed by atoms with van der Waals surface area (Å²) in [6.07, 6.45) is -4.53. The average Bonchev–Trinajstić information content (AvgIpc) is 2.87. The predicted octanol–water partition coefficient (Wildman–Crippen LogP) is 4.61. The van der Waals surface area contributed by atoms with Crippen LogP contribution in [-0.2, 0) is 12.7 Å². The summed E-state index contributed by atoms with van der Waals surface area (Å²) in [6, 6.07) is 18.6. The molecule has 0 radical (unpaired) electrons. The summed E-state index contributed by atoms with van der Waals surface area (Å²) >= 11 is 5.94. The van der Waals surface area contributed by atoms with Crippen LogP contribution >= 0.6 is 11.6 Å². The number of amides is 1. The molecule has 1 heterocycles. The molecule has 1 amide bonds. The fourth-order valence-corrected chi connectivity index (χ4v) is 3.74. The van der Waals surface area contributed by atoms with Gasteiger partial charge in [-0.15, -0.1) is 0 Å². The molecule has 1 unspecified atom stereocenters. The fraction of sp³-hybridized carbons (Fsp3) is 0.154. The normalized spacial score (nSPS) is 12.2. The van der Waals surface area contributed by atoms with Crippen molar-refractivity contribution in [2.24, 2.45) is 0 Å². The van der Waals surface area contributed by atoms with Gasteiger partial charge in [-0.1, -0.05) is 54.1 Å². The Bertz CT molecular complexity index is 1530. The molecule has 190 valence electrons. The van der Waals surface area contributed by atoms with E-state index >= 15 is 0 Å². The zero-order valence-electron chi connectivity index (χ0n) is 19.4. The highest BCUT2D eigenvalue weighted by molar-refractivity contribution is 6.30. The van der Waals surface area contributed by atoms with Crippen LogP contribution in [0.3, 0.4) is 0 Å². The maximum Gasteiger partial charge on any atom is 0.416 e. The Labute approximate surface area is 213 Å². The van der Waals surface area contributed by atoms with E-state index in [1.165, 1.54) is 36.4 Å². The van der Waals surface area contributed by atoms with Crippen LogP contribution in [0.4, 0.5) is 13.2 Å². The van der Waals surface area contributed by atoms with Crippen molar-refractivity contribution in [1.82, 2.24) is 19.7 Å². The van der Waals surface area contributed by atoms with E-state index in [4.69, 9.17) is 11.6 Å². The van der Waals surface area contributed by atoms with E-state index in [9.17, 15) is 27.6 Å². The number of benzene rings is 3. The predicted molar refractivity (Wildman–Crippen MR) is 132 cm³/mol. The first-order chi connectivity index (χ1) is 17.5. The molecule has 0 saturated heterocycles. The molecule has 0 aliphatic heterocycles. The van der Waals surface area contributed by atoms with E-state index in [1.54, 1.807) is 31.2 Å². The number of hydrogen-bond acceptors (Lipinski definition) is 4. The minimum atomic E-state index is -4.53. The Morgan fingerprint density at radius 3 is 2.19 bits per heavy atom. The maximum absolute atomic E-state index is 13.2. The van der Waals surface area contributed by atoms with Crippen LogP contribution in [-0.4, -0.2) is 20.3 Å². The van der Waals surface area contributed by atoms with Gasteiger partial charge in [-0.05, 0) is 54.4 Å². The first-order valence-corrected chi connectivity index (χ1v) is 11.4. The lowest BCUT2D eigenvalue weighted by atomic mass is 10.1. The van der Waals surface area contributed by atoms with Crippen LogP contribution < -0.4 is 16.6 Å². The van der Waals surface area contributed by atoms with Crippen molar-refractivity contribution in [3.8, 4) is 5.69 Å². The number of hydrogen-bond donors (Lipinski definition) is 1. The van der Waals surface area contributed by atoms with E-state index in [1.807, 2.05) is 6.07 Å². The van der Waals surface area contributed by atoms with Crippen LogP contribution in [0.1, 0.15) is 40.1 Å². The van der Waals surface area contributed by atoms with Crippen molar-refractivity contribution < 1.29 is 18.0 Å². The Kier molecular flexibility index (Phi) is 7.30. The van der Waals surface area contributed by atoms with E-state index in [0.29, 0.717) is 5.02 Å². The van der Waals surface area contributed by atoms with Gasteiger partial charge in [-0.25, -0.2) is 4.79 Å². The van der Waals surface area contributed by atoms with Crippen LogP contribution in [0.15, 0.2) is 88.5 Å². The van der Waals surface area contributed by atoms with Crippen LogP contribution in [0.5, 0.6) is 0 Å². The third-order valence-electron chi connectivity index (χ3n) is 5.62. The molecule has 0 saturated carbocycles. The fourth-order valence-electron chi connectivity index (χ4n) is 3.62. The van der Waals surface area contributed by atoms with Gasteiger partial charge in [-0.3, -0.25) is 14.2 Å². The van der Waals surface area contributed by atoms with Gasteiger partial charge in [-0.2, -0.15) is 23.0 Å². The molecule has 7 nitrogen and oxygen atoms in total. The molecule has 37 heavy (non-hydrogen) atoms. The summed E-state index contributed by atoms with van der Waals surface area (Å²) < 4.78 is 40.5. The lowest BCUT2D eigenvalue weighted by molar-refractivity contribution is -0.137. The minimum Gasteiger partial charge on any atom is -0.344 e. The number of carbonyl (C=O) groups excluding carboxylic acids is 1. The second kappa shape index (κ2) is 10.4. The second-order valence-corrected chi connectivity index (χ2v) is 8.65. The Hall–Kier alpha value is -4.18. The first kappa shape index (κ1) is 25.9. The largest absolute Gasteiger partial charge is 0.416 e. The standard InChI is InChI=1S/C26H20ClF3N4O3/c1-16(18-5-3-2-4-6-18)31-23(35)22-24(36)33(15-17-7-9-19(10-8-17)26(28,29)30)25(37)34(32-22)21-13-11-20(27)12-14-21/h2-14,16H,15H2,1H3,(H,31,35). The SMILES string of the molecule is CC(NC(=O)c1nn(-c2ccc(Cl)cc2)c(=O)n(Cc2ccc(C(F)(F)F)cc2)c1=O)c1ccccc1. The van der Waals surface area contributed by atoms with E-state index in [2.05, 4.69) is 10.4 Å². The van der Waals surface area contributed by atoms with Crippen LogP contribution in [0.2, 0.25) is 5.02 Å². The third kappa shape index (κ3) is 5.80. The highest BCUT2D eigenvalue weighted by atomic mass is 35.5. The van der Waals surface area contributed by atoms with Crippen molar-refractivity contribution in [2.45, 2.75) is 25.7 Å². The third-order valence-corrected chi connectivity index (χ3v) is 5.87. The smallest absolute Gasteiger partial charge is 0.344 e. The lowest BCUT2D eigenvalue weighted by Crippen LogP contribution is -2.46. The summed E-state index contributed by atoms with van der Waals surface area (Å²) in [6.45, 7) is 1.35. The molecule has 0 aliphatic rings. The maximum atomic E-state index is 13.2. The topological polar surface area (TPSA) is 86.0 Å². The molecule has 3 aromatic carbocycles. The van der Waals surface area contributed by atoms with Gasteiger partial charge >= 0.3 is 11.9 Å². The Balaban J connectivity index is 1.78. The van der Waals surface area contributed by atoms with E-state index in [-0.39, 0.29) is 17.8 Å². The van der Waals surface area contributed by atoms with Gasteiger partial charge in [0.25, 0.3) is 11.5 Å². The molecule has 4 rings (SSSR count). The van der Waals surface area contributed by atoms with Gasteiger partial charge < -0.3 is 5.32 Å². The van der Waals surface area contributed by atoms with Crippen molar-refractivity contribution in [3.05, 3.63) is 127 Å². The summed E-state index contributed by atoms with van der Waals surface area (Å²) in [5.41, 5.74) is -2.00. The molecular formula is C26H20ClF3N4O3. The monoisotopic (exact) mass is 528 g/mol. The van der Waals surface area contributed by atoms with Gasteiger partial charge in [0.1, 0.15) is 0 Å². The quantitative estimate of drug-likeness (QED) is 0.396. The molecule has 11 heteroatoms. The van der Waals surface area contributed by atoms with Gasteiger partial charge in [0.2, 0.25) is 5.69 Å². The van der Waals surface area contributed by atoms with Crippen LogP contribution in [0, 0.1) is 0 Å². The van der Waals surface area contributed by atoms with Gasteiger partial charge in [0.15, 0.2) is 0 Å². The minimum absolute atomic E-state index is 0.237. The number of alkyl halides is 3. The molecule has 0 spiro atoms. The molecule has 4 aromatic rings. The zero-order valence-corrected chi connectivity index (χ0v) is 20.1. The van der Waals surface area contributed by atoms with Crippen molar-refractivity contribution in [3.63, 3.8) is 0 Å². The molecule has 1 atom stereocenters. The number of halogens is 4. The highest BCUT2D eigenvalue weighted by Crippen LogP contribution is 2.29. The van der Waals surface area contributed by atoms with Crippen molar-refractivity contribution in [1.29, 1.82) is 0 Å². The number of aromatic nitrogens is 3. The van der Waals surface area contributed by atoms with Crippen molar-refractivity contribution in [2.75, 3.05) is 0 Å². The zero-order chi connectivity index (χ0) is 26.7. The van der Waals surface area contributed by atoms with E-state index in [0.717, 1.165) is 26.9 Å². The molecule has 0 aliphatic carbocycles. The lowest BCUT2D eigenvalue weighted by Gasteiger charge is -2.16. The Morgan fingerprint density at radius 1 is 0.973 bits per heavy atom. The number of nitrogens with zero attached hydrogens (tertiary/aromatic N) is 3. The average molecular weight is 529 g/mol. The highest BCUT2D eigenvalue weighted by Gasteiger charge is 2.30. The summed E-state index contributed by atoms with van der Waals surface area (Å²) in [5, 5.41) is 7.13. The first-order valence-electron chi connectivity index (χ1n) is 11.1. The molecule has 1 N–H and O–H groups in total. The number of nitrogens with one attached hydrogen (secondary N) is 1.